The Morgan fingerprint density at radius 1 is 1.26 bits per heavy atom. The van der Waals surface area contributed by atoms with E-state index in [0.29, 0.717) is 18.4 Å². The molecular formula is C16H28N2O. The van der Waals surface area contributed by atoms with Gasteiger partial charge in [-0.1, -0.05) is 26.0 Å². The molecule has 2 rings (SSSR count). The summed E-state index contributed by atoms with van der Waals surface area (Å²) in [7, 11) is 0. The minimum Gasteiger partial charge on any atom is -0.356 e. The molecule has 2 aliphatic rings. The molecule has 1 fully saturated rings. The molecule has 2 aliphatic carbocycles. The van der Waals surface area contributed by atoms with Crippen molar-refractivity contribution in [2.45, 2.75) is 46.1 Å². The second-order valence-corrected chi connectivity index (χ2v) is 6.63. The van der Waals surface area contributed by atoms with Gasteiger partial charge in [0.15, 0.2) is 0 Å². The summed E-state index contributed by atoms with van der Waals surface area (Å²) < 4.78 is 0. The van der Waals surface area contributed by atoms with E-state index >= 15 is 0 Å². The molecule has 1 amide bonds. The topological polar surface area (TPSA) is 41.1 Å². The Labute approximate surface area is 117 Å². The van der Waals surface area contributed by atoms with E-state index in [2.05, 4.69) is 43.6 Å². The second-order valence-electron chi connectivity index (χ2n) is 6.63. The third-order valence-electron chi connectivity index (χ3n) is 4.50. The van der Waals surface area contributed by atoms with Gasteiger partial charge in [0.2, 0.25) is 5.91 Å². The molecule has 0 aromatic carbocycles. The summed E-state index contributed by atoms with van der Waals surface area (Å²) in [5.74, 6) is 3.07. The first-order valence-electron chi connectivity index (χ1n) is 7.74. The van der Waals surface area contributed by atoms with Gasteiger partial charge in [0.05, 0.1) is 0 Å². The fraction of sp³-hybridized carbons (Fsp3) is 0.812. The van der Waals surface area contributed by atoms with Gasteiger partial charge in [-0.25, -0.2) is 0 Å². The first-order chi connectivity index (χ1) is 9.06. The third-order valence-corrected chi connectivity index (χ3v) is 4.50. The van der Waals surface area contributed by atoms with Crippen molar-refractivity contribution in [3.8, 4) is 0 Å². The van der Waals surface area contributed by atoms with Crippen molar-refractivity contribution in [1.29, 1.82) is 0 Å². The predicted molar refractivity (Wildman–Crippen MR) is 78.8 cm³/mol. The van der Waals surface area contributed by atoms with Crippen LogP contribution in [0.3, 0.4) is 0 Å². The molecule has 0 spiro atoms. The van der Waals surface area contributed by atoms with E-state index in [0.717, 1.165) is 30.8 Å². The van der Waals surface area contributed by atoms with Crippen LogP contribution in [-0.4, -0.2) is 25.0 Å². The molecular weight excluding hydrogens is 236 g/mol. The normalized spacial score (nSPS) is 30.0. The fourth-order valence-corrected chi connectivity index (χ4v) is 3.37. The number of fused-ring (bicyclic) bond motifs is 2. The standard InChI is InChI=1S/C16H28N2O/c1-11(2)10-18-16(19)6-7-17-12(3)15-9-13-4-5-14(15)8-13/h4-5,11-15,17H,6-10H2,1-3H3,(H,18,19). The Hall–Kier alpha value is -0.830. The molecule has 0 aromatic heterocycles. The lowest BCUT2D eigenvalue weighted by atomic mass is 9.87. The van der Waals surface area contributed by atoms with Gasteiger partial charge in [-0.2, -0.15) is 0 Å². The van der Waals surface area contributed by atoms with Gasteiger partial charge in [0, 0.05) is 25.6 Å². The van der Waals surface area contributed by atoms with Crippen LogP contribution < -0.4 is 10.6 Å². The van der Waals surface area contributed by atoms with Crippen LogP contribution in [0.15, 0.2) is 12.2 Å². The first-order valence-corrected chi connectivity index (χ1v) is 7.74. The molecule has 19 heavy (non-hydrogen) atoms. The summed E-state index contributed by atoms with van der Waals surface area (Å²) in [6.45, 7) is 8.08. The number of hydrogen-bond donors (Lipinski definition) is 2. The fourth-order valence-electron chi connectivity index (χ4n) is 3.37. The van der Waals surface area contributed by atoms with Crippen molar-refractivity contribution in [3.05, 3.63) is 12.2 Å². The lowest BCUT2D eigenvalue weighted by molar-refractivity contribution is -0.121. The molecule has 0 radical (unpaired) electrons. The Morgan fingerprint density at radius 2 is 2.05 bits per heavy atom. The first kappa shape index (κ1) is 14.6. The van der Waals surface area contributed by atoms with Crippen LogP contribution in [0.4, 0.5) is 0 Å². The van der Waals surface area contributed by atoms with Crippen LogP contribution in [-0.2, 0) is 4.79 Å². The van der Waals surface area contributed by atoms with Gasteiger partial charge in [-0.05, 0) is 43.4 Å². The highest BCUT2D eigenvalue weighted by molar-refractivity contribution is 5.76. The number of carbonyl (C=O) groups excluding carboxylic acids is 1. The van der Waals surface area contributed by atoms with E-state index in [1.165, 1.54) is 12.8 Å². The quantitative estimate of drug-likeness (QED) is 0.693. The van der Waals surface area contributed by atoms with Crippen molar-refractivity contribution >= 4 is 5.91 Å². The average molecular weight is 264 g/mol. The van der Waals surface area contributed by atoms with Crippen LogP contribution >= 0.6 is 0 Å². The molecule has 4 unspecified atom stereocenters. The van der Waals surface area contributed by atoms with Gasteiger partial charge >= 0.3 is 0 Å². The largest absolute Gasteiger partial charge is 0.356 e. The van der Waals surface area contributed by atoms with Crippen LogP contribution in [0.5, 0.6) is 0 Å². The predicted octanol–water partition coefficient (Wildman–Crippen LogP) is 2.34. The summed E-state index contributed by atoms with van der Waals surface area (Å²) in [6, 6.07) is 0.526. The van der Waals surface area contributed by atoms with Gasteiger partial charge in [-0.3, -0.25) is 4.79 Å². The maximum absolute atomic E-state index is 11.6. The zero-order valence-electron chi connectivity index (χ0n) is 12.5. The Bertz CT molecular complexity index is 338. The molecule has 0 aliphatic heterocycles. The number of hydrogen-bond acceptors (Lipinski definition) is 2. The molecule has 0 saturated heterocycles. The van der Waals surface area contributed by atoms with Crippen molar-refractivity contribution in [2.24, 2.45) is 23.7 Å². The summed E-state index contributed by atoms with van der Waals surface area (Å²) in [5.41, 5.74) is 0. The highest BCUT2D eigenvalue weighted by atomic mass is 16.1. The molecule has 3 heteroatoms. The second kappa shape index (κ2) is 6.56. The molecule has 1 saturated carbocycles. The van der Waals surface area contributed by atoms with Crippen LogP contribution in [0.25, 0.3) is 0 Å². The van der Waals surface area contributed by atoms with Gasteiger partial charge in [0.25, 0.3) is 0 Å². The molecule has 0 aromatic rings. The maximum atomic E-state index is 11.6. The van der Waals surface area contributed by atoms with E-state index in [4.69, 9.17) is 0 Å². The van der Waals surface area contributed by atoms with Crippen LogP contribution in [0, 0.1) is 23.7 Å². The van der Waals surface area contributed by atoms with Gasteiger partial charge < -0.3 is 10.6 Å². The molecule has 2 bridgehead atoms. The number of carbonyl (C=O) groups is 1. The monoisotopic (exact) mass is 264 g/mol. The summed E-state index contributed by atoms with van der Waals surface area (Å²) in [5, 5.41) is 6.50. The highest BCUT2D eigenvalue weighted by Gasteiger charge is 2.38. The Morgan fingerprint density at radius 3 is 2.63 bits per heavy atom. The lowest BCUT2D eigenvalue weighted by Crippen LogP contribution is -2.38. The smallest absolute Gasteiger partial charge is 0.221 e. The Balaban J connectivity index is 1.60. The van der Waals surface area contributed by atoms with E-state index in [9.17, 15) is 4.79 Å². The van der Waals surface area contributed by atoms with Crippen molar-refractivity contribution in [3.63, 3.8) is 0 Å². The zero-order valence-corrected chi connectivity index (χ0v) is 12.5. The number of nitrogens with one attached hydrogen (secondary N) is 2. The number of rotatable bonds is 7. The van der Waals surface area contributed by atoms with Crippen molar-refractivity contribution in [1.82, 2.24) is 10.6 Å². The average Bonchev–Trinajstić information content (AvgIpc) is 2.98. The summed E-state index contributed by atoms with van der Waals surface area (Å²) in [4.78, 5) is 11.6. The zero-order chi connectivity index (χ0) is 13.8. The van der Waals surface area contributed by atoms with E-state index in [1.807, 2.05) is 0 Å². The van der Waals surface area contributed by atoms with Crippen molar-refractivity contribution in [2.75, 3.05) is 13.1 Å². The van der Waals surface area contributed by atoms with Crippen molar-refractivity contribution < 1.29 is 4.79 Å². The lowest BCUT2D eigenvalue weighted by Gasteiger charge is -2.26. The van der Waals surface area contributed by atoms with Crippen LogP contribution in [0.1, 0.15) is 40.0 Å². The maximum Gasteiger partial charge on any atom is 0.221 e. The van der Waals surface area contributed by atoms with E-state index < -0.39 is 0 Å². The van der Waals surface area contributed by atoms with E-state index in [1.54, 1.807) is 0 Å². The third kappa shape index (κ3) is 4.07. The summed E-state index contributed by atoms with van der Waals surface area (Å²) >= 11 is 0. The Kier molecular flexibility index (Phi) is 5.03. The van der Waals surface area contributed by atoms with E-state index in [-0.39, 0.29) is 5.91 Å². The van der Waals surface area contributed by atoms with Gasteiger partial charge in [-0.15, -0.1) is 0 Å². The van der Waals surface area contributed by atoms with Crippen LogP contribution in [0.2, 0.25) is 0 Å². The summed E-state index contributed by atoms with van der Waals surface area (Å²) in [6.07, 6.45) is 8.05. The molecule has 3 nitrogen and oxygen atoms in total. The SMILES string of the molecule is CC(C)CNC(=O)CCNC(C)C1CC2C=CC1C2. The molecule has 108 valence electrons. The highest BCUT2D eigenvalue weighted by Crippen LogP contribution is 2.44. The minimum atomic E-state index is 0.168. The molecule has 2 N–H and O–H groups in total. The number of amides is 1. The molecule has 4 atom stereocenters. The minimum absolute atomic E-state index is 0.168. The van der Waals surface area contributed by atoms with Gasteiger partial charge in [0.1, 0.15) is 0 Å². The number of allylic oxidation sites excluding steroid dienone is 2. The molecule has 0 heterocycles.